The zero-order chi connectivity index (χ0) is 20.0. The second kappa shape index (κ2) is 7.58. The van der Waals surface area contributed by atoms with Crippen LogP contribution in [0.3, 0.4) is 0 Å². The Morgan fingerprint density at radius 3 is 2.41 bits per heavy atom. The lowest BCUT2D eigenvalue weighted by Gasteiger charge is -2.29. The highest BCUT2D eigenvalue weighted by atomic mass is 35.5. The quantitative estimate of drug-likeness (QED) is 0.666. The summed E-state index contributed by atoms with van der Waals surface area (Å²) in [6.45, 7) is 4.35. The molecule has 1 saturated heterocycles. The van der Waals surface area contributed by atoms with Crippen LogP contribution in [0.25, 0.3) is 0 Å². The van der Waals surface area contributed by atoms with E-state index < -0.39 is 9.84 Å². The monoisotopic (exact) mass is 449 g/mol. The summed E-state index contributed by atoms with van der Waals surface area (Å²) in [5.74, 6) is -0.238. The van der Waals surface area contributed by atoms with Crippen LogP contribution in [-0.2, 0) is 21.2 Å². The smallest absolute Gasteiger partial charge is 0.227 e. The van der Waals surface area contributed by atoms with Crippen LogP contribution in [-0.4, -0.2) is 36.8 Å². The molecule has 1 aromatic carbocycles. The SMILES string of the molecule is CC1(C)[C@H](C=C(Cl)Cl)[C@H]1C(=O)N(Cc1ccc(Cl)cc1)[C@@H]1CCS(=O)(=O)C1. The molecule has 2 fully saturated rings. The molecule has 8 heteroatoms. The number of carbonyl (C=O) groups is 1. The minimum Gasteiger partial charge on any atom is -0.334 e. The number of benzene rings is 1. The van der Waals surface area contributed by atoms with Crippen molar-refractivity contribution in [3.05, 3.63) is 45.4 Å². The molecule has 1 aliphatic carbocycles. The normalized spacial score (nSPS) is 27.8. The molecule has 0 radical (unpaired) electrons. The second-order valence-corrected chi connectivity index (χ2v) is 11.6. The van der Waals surface area contributed by atoms with Crippen molar-refractivity contribution >= 4 is 50.5 Å². The van der Waals surface area contributed by atoms with Crippen molar-refractivity contribution in [2.45, 2.75) is 32.9 Å². The first-order valence-corrected chi connectivity index (χ1v) is 11.7. The van der Waals surface area contributed by atoms with Gasteiger partial charge in [-0.05, 0) is 41.5 Å². The van der Waals surface area contributed by atoms with Crippen molar-refractivity contribution in [1.29, 1.82) is 0 Å². The number of halogens is 3. The first-order valence-electron chi connectivity index (χ1n) is 8.79. The highest BCUT2D eigenvalue weighted by Crippen LogP contribution is 2.60. The van der Waals surface area contributed by atoms with Crippen molar-refractivity contribution in [3.63, 3.8) is 0 Å². The largest absolute Gasteiger partial charge is 0.334 e. The molecule has 3 atom stereocenters. The molecule has 1 aromatic rings. The van der Waals surface area contributed by atoms with Gasteiger partial charge in [0.1, 0.15) is 4.49 Å². The number of rotatable bonds is 5. The lowest BCUT2D eigenvalue weighted by atomic mass is 10.1. The van der Waals surface area contributed by atoms with Crippen molar-refractivity contribution in [1.82, 2.24) is 4.90 Å². The average molecular weight is 451 g/mol. The molecule has 0 spiro atoms. The van der Waals surface area contributed by atoms with Crippen LogP contribution in [0.1, 0.15) is 25.8 Å². The molecule has 3 rings (SSSR count). The molecule has 0 bridgehead atoms. The highest BCUT2D eigenvalue weighted by molar-refractivity contribution is 7.91. The number of amides is 1. The highest BCUT2D eigenvalue weighted by Gasteiger charge is 2.62. The molecule has 4 nitrogen and oxygen atoms in total. The molecule has 0 N–H and O–H groups in total. The summed E-state index contributed by atoms with van der Waals surface area (Å²) in [6, 6.07) is 6.94. The van der Waals surface area contributed by atoms with Gasteiger partial charge in [-0.2, -0.15) is 0 Å². The lowest BCUT2D eigenvalue weighted by molar-refractivity contribution is -0.136. The Kier molecular flexibility index (Phi) is 5.89. The standard InChI is InChI=1S/C19H22Cl3NO3S/c1-19(2)15(9-16(21)22)17(19)18(24)23(14-7-8-27(25,26)11-14)10-12-3-5-13(20)6-4-12/h3-6,9,14-15,17H,7-8,10-11H2,1-2H3/t14-,15-,17+/m1/s1. The summed E-state index contributed by atoms with van der Waals surface area (Å²) < 4.78 is 24.1. The summed E-state index contributed by atoms with van der Waals surface area (Å²) in [5, 5.41) is 0.616. The first kappa shape index (κ1) is 21.0. The van der Waals surface area contributed by atoms with Gasteiger partial charge in [0, 0.05) is 17.6 Å². The Morgan fingerprint density at radius 1 is 1.26 bits per heavy atom. The van der Waals surface area contributed by atoms with Crippen molar-refractivity contribution < 1.29 is 13.2 Å². The van der Waals surface area contributed by atoms with E-state index in [1.807, 2.05) is 26.0 Å². The van der Waals surface area contributed by atoms with Crippen molar-refractivity contribution in [2.24, 2.45) is 17.3 Å². The number of nitrogens with zero attached hydrogens (tertiary/aromatic N) is 1. The summed E-state index contributed by atoms with van der Waals surface area (Å²) >= 11 is 17.6. The van der Waals surface area contributed by atoms with Gasteiger partial charge in [-0.3, -0.25) is 4.79 Å². The number of sulfone groups is 1. The van der Waals surface area contributed by atoms with E-state index >= 15 is 0 Å². The summed E-state index contributed by atoms with van der Waals surface area (Å²) in [7, 11) is -3.11. The average Bonchev–Trinajstić information content (AvgIpc) is 2.90. The topological polar surface area (TPSA) is 54.5 Å². The zero-order valence-corrected chi connectivity index (χ0v) is 18.2. The predicted octanol–water partition coefficient (Wildman–Crippen LogP) is 4.45. The predicted molar refractivity (Wildman–Crippen MR) is 110 cm³/mol. The van der Waals surface area contributed by atoms with E-state index in [2.05, 4.69) is 0 Å². The van der Waals surface area contributed by atoms with Gasteiger partial charge < -0.3 is 4.90 Å². The Labute approximate surface area is 175 Å². The van der Waals surface area contributed by atoms with Gasteiger partial charge in [-0.25, -0.2) is 8.42 Å². The molecule has 148 valence electrons. The Bertz CT molecular complexity index is 861. The third-order valence-electron chi connectivity index (χ3n) is 5.68. The van der Waals surface area contributed by atoms with E-state index in [9.17, 15) is 13.2 Å². The number of hydrogen-bond donors (Lipinski definition) is 0. The minimum absolute atomic E-state index is 0.0102. The van der Waals surface area contributed by atoms with E-state index in [1.54, 1.807) is 23.1 Å². The minimum atomic E-state index is -3.11. The molecule has 0 aromatic heterocycles. The maximum atomic E-state index is 13.4. The number of carbonyl (C=O) groups excluding carboxylic acids is 1. The lowest BCUT2D eigenvalue weighted by Crippen LogP contribution is -2.42. The van der Waals surface area contributed by atoms with E-state index in [-0.39, 0.29) is 45.2 Å². The van der Waals surface area contributed by atoms with Crippen molar-refractivity contribution in [2.75, 3.05) is 11.5 Å². The van der Waals surface area contributed by atoms with E-state index in [1.165, 1.54) is 0 Å². The van der Waals surface area contributed by atoms with Crippen LogP contribution in [0.4, 0.5) is 0 Å². The van der Waals surface area contributed by atoms with Crippen molar-refractivity contribution in [3.8, 4) is 0 Å². The second-order valence-electron chi connectivity index (χ2n) is 7.93. The summed E-state index contributed by atoms with van der Waals surface area (Å²) in [4.78, 5) is 15.1. The fourth-order valence-electron chi connectivity index (χ4n) is 3.97. The maximum Gasteiger partial charge on any atom is 0.227 e. The molecule has 27 heavy (non-hydrogen) atoms. The van der Waals surface area contributed by atoms with Crippen LogP contribution in [0, 0.1) is 17.3 Å². The van der Waals surface area contributed by atoms with Gasteiger partial charge in [0.25, 0.3) is 0 Å². The molecule has 1 heterocycles. The first-order chi connectivity index (χ1) is 12.5. The van der Waals surface area contributed by atoms with Gasteiger partial charge in [-0.1, -0.05) is 60.8 Å². The molecule has 1 aliphatic heterocycles. The van der Waals surface area contributed by atoms with Gasteiger partial charge in [0.05, 0.1) is 17.4 Å². The molecule has 2 aliphatic rings. The molecule has 0 unspecified atom stereocenters. The Hall–Kier alpha value is -0.750. The molecular weight excluding hydrogens is 429 g/mol. The fraction of sp³-hybridized carbons (Fsp3) is 0.526. The van der Waals surface area contributed by atoms with Crippen LogP contribution in [0.15, 0.2) is 34.8 Å². The van der Waals surface area contributed by atoms with E-state index in [0.29, 0.717) is 18.0 Å². The van der Waals surface area contributed by atoms with E-state index in [4.69, 9.17) is 34.8 Å². The molecular formula is C19H22Cl3NO3S. The Balaban J connectivity index is 1.86. The summed E-state index contributed by atoms with van der Waals surface area (Å²) in [5.41, 5.74) is 0.653. The van der Waals surface area contributed by atoms with Gasteiger partial charge >= 0.3 is 0 Å². The number of hydrogen-bond acceptors (Lipinski definition) is 3. The number of allylic oxidation sites excluding steroid dienone is 1. The molecule has 1 saturated carbocycles. The van der Waals surface area contributed by atoms with Crippen LogP contribution in [0.2, 0.25) is 5.02 Å². The van der Waals surface area contributed by atoms with Gasteiger partial charge in [0.15, 0.2) is 9.84 Å². The summed E-state index contributed by atoms with van der Waals surface area (Å²) in [6.07, 6.45) is 2.17. The third-order valence-corrected chi connectivity index (χ3v) is 7.94. The fourth-order valence-corrected chi connectivity index (χ4v) is 6.10. The zero-order valence-electron chi connectivity index (χ0n) is 15.2. The van der Waals surface area contributed by atoms with Crippen LogP contribution < -0.4 is 0 Å². The van der Waals surface area contributed by atoms with Gasteiger partial charge in [-0.15, -0.1) is 0 Å². The van der Waals surface area contributed by atoms with Gasteiger partial charge in [0.2, 0.25) is 5.91 Å². The van der Waals surface area contributed by atoms with Crippen LogP contribution in [0.5, 0.6) is 0 Å². The Morgan fingerprint density at radius 2 is 1.89 bits per heavy atom. The third kappa shape index (κ3) is 4.64. The molecule has 1 amide bonds. The van der Waals surface area contributed by atoms with Crippen LogP contribution >= 0.6 is 34.8 Å². The maximum absolute atomic E-state index is 13.4. The van der Waals surface area contributed by atoms with E-state index in [0.717, 1.165) is 5.56 Å².